The van der Waals surface area contributed by atoms with Crippen LogP contribution in [0.4, 0.5) is 0 Å². The number of rotatable bonds is 3. The van der Waals surface area contributed by atoms with Gasteiger partial charge in [0.15, 0.2) is 5.82 Å². The minimum absolute atomic E-state index is 0.302. The normalized spacial score (nSPS) is 10.9. The van der Waals surface area contributed by atoms with E-state index in [9.17, 15) is 0 Å². The van der Waals surface area contributed by atoms with Gasteiger partial charge < -0.3 is 4.74 Å². The molecule has 2 aromatic heterocycles. The summed E-state index contributed by atoms with van der Waals surface area (Å²) in [4.78, 5) is 9.59. The van der Waals surface area contributed by atoms with Crippen LogP contribution in [0, 0.1) is 6.92 Å². The van der Waals surface area contributed by atoms with Crippen molar-refractivity contribution in [1.29, 1.82) is 0 Å². The predicted octanol–water partition coefficient (Wildman–Crippen LogP) is 4.99. The summed E-state index contributed by atoms with van der Waals surface area (Å²) in [5.74, 6) is 1.41. The molecule has 0 fully saturated rings. The van der Waals surface area contributed by atoms with E-state index in [1.54, 1.807) is 11.3 Å². The van der Waals surface area contributed by atoms with E-state index >= 15 is 0 Å². The molecule has 0 aliphatic rings. The molecular formula is C14H10BrClN2OS. The quantitative estimate of drug-likeness (QED) is 0.610. The Kier molecular flexibility index (Phi) is 3.92. The van der Waals surface area contributed by atoms with Gasteiger partial charge in [-0.3, -0.25) is 0 Å². The first kappa shape index (κ1) is 13.8. The summed E-state index contributed by atoms with van der Waals surface area (Å²) in [5, 5.41) is 3.32. The highest BCUT2D eigenvalue weighted by Crippen LogP contribution is 2.26. The van der Waals surface area contributed by atoms with E-state index < -0.39 is 0 Å². The van der Waals surface area contributed by atoms with Crippen molar-refractivity contribution < 1.29 is 4.74 Å². The van der Waals surface area contributed by atoms with Crippen molar-refractivity contribution >= 4 is 49.1 Å². The zero-order valence-corrected chi connectivity index (χ0v) is 13.7. The molecule has 0 saturated carbocycles. The lowest BCUT2D eigenvalue weighted by atomic mass is 10.2. The molecule has 0 aliphatic carbocycles. The van der Waals surface area contributed by atoms with Gasteiger partial charge in [-0.1, -0.05) is 27.5 Å². The summed E-state index contributed by atoms with van der Waals surface area (Å²) in [5.41, 5.74) is 1.06. The number of fused-ring (bicyclic) bond motifs is 1. The van der Waals surface area contributed by atoms with Gasteiger partial charge in [-0.05, 0) is 42.1 Å². The zero-order chi connectivity index (χ0) is 14.1. The van der Waals surface area contributed by atoms with Gasteiger partial charge in [0.2, 0.25) is 0 Å². The van der Waals surface area contributed by atoms with Gasteiger partial charge in [0.05, 0.1) is 0 Å². The molecule has 0 bridgehead atoms. The van der Waals surface area contributed by atoms with Crippen molar-refractivity contribution in [1.82, 2.24) is 9.97 Å². The molecule has 0 aliphatic heterocycles. The average Bonchev–Trinajstić information content (AvgIpc) is 2.86. The number of halogens is 2. The molecule has 0 amide bonds. The summed E-state index contributed by atoms with van der Waals surface area (Å²) in [6, 6.07) is 7.79. The Hall–Kier alpha value is -1.17. The second kappa shape index (κ2) is 5.68. The van der Waals surface area contributed by atoms with E-state index in [0.29, 0.717) is 17.6 Å². The predicted molar refractivity (Wildman–Crippen MR) is 85.6 cm³/mol. The molecule has 6 heteroatoms. The number of hydrogen-bond donors (Lipinski definition) is 0. The molecule has 20 heavy (non-hydrogen) atoms. The molecule has 3 rings (SSSR count). The van der Waals surface area contributed by atoms with E-state index in [1.807, 2.05) is 36.6 Å². The Morgan fingerprint density at radius 1 is 1.30 bits per heavy atom. The SMILES string of the molecule is Cc1cc(Br)ccc1OCc1nc(Cl)c2ccsc2n1. The van der Waals surface area contributed by atoms with Crippen molar-refractivity contribution in [3.63, 3.8) is 0 Å². The number of hydrogen-bond acceptors (Lipinski definition) is 4. The number of thiophene rings is 1. The number of benzene rings is 1. The molecular weight excluding hydrogens is 360 g/mol. The van der Waals surface area contributed by atoms with Crippen LogP contribution in [-0.4, -0.2) is 9.97 Å². The standard InChI is InChI=1S/C14H10BrClN2OS/c1-8-6-9(15)2-3-11(8)19-7-12-17-13(16)10-4-5-20-14(10)18-12/h2-6H,7H2,1H3. The molecule has 0 N–H and O–H groups in total. The smallest absolute Gasteiger partial charge is 0.169 e. The van der Waals surface area contributed by atoms with Crippen molar-refractivity contribution in [3.05, 3.63) is 50.7 Å². The van der Waals surface area contributed by atoms with Crippen LogP contribution in [0.1, 0.15) is 11.4 Å². The Morgan fingerprint density at radius 3 is 2.95 bits per heavy atom. The number of aryl methyl sites for hydroxylation is 1. The minimum Gasteiger partial charge on any atom is -0.485 e. The highest BCUT2D eigenvalue weighted by molar-refractivity contribution is 9.10. The van der Waals surface area contributed by atoms with Gasteiger partial charge >= 0.3 is 0 Å². The van der Waals surface area contributed by atoms with Gasteiger partial charge in [-0.2, -0.15) is 0 Å². The van der Waals surface area contributed by atoms with Crippen LogP contribution >= 0.6 is 38.9 Å². The summed E-state index contributed by atoms with van der Waals surface area (Å²) in [6.45, 7) is 2.30. The van der Waals surface area contributed by atoms with Crippen LogP contribution in [0.25, 0.3) is 10.2 Å². The zero-order valence-electron chi connectivity index (χ0n) is 10.6. The summed E-state index contributed by atoms with van der Waals surface area (Å²) < 4.78 is 6.79. The molecule has 0 atom stereocenters. The van der Waals surface area contributed by atoms with E-state index in [-0.39, 0.29) is 0 Å². The van der Waals surface area contributed by atoms with Crippen LogP contribution in [0.5, 0.6) is 5.75 Å². The van der Waals surface area contributed by atoms with Gasteiger partial charge in [-0.25, -0.2) is 9.97 Å². The molecule has 3 aromatic rings. The van der Waals surface area contributed by atoms with E-state index in [0.717, 1.165) is 26.0 Å². The molecule has 0 unspecified atom stereocenters. The number of aromatic nitrogens is 2. The fraction of sp³-hybridized carbons (Fsp3) is 0.143. The molecule has 3 nitrogen and oxygen atoms in total. The van der Waals surface area contributed by atoms with Crippen molar-refractivity contribution in [2.45, 2.75) is 13.5 Å². The second-order valence-corrected chi connectivity index (χ2v) is 6.44. The third kappa shape index (κ3) is 2.80. The first-order valence-electron chi connectivity index (χ1n) is 5.92. The first-order chi connectivity index (χ1) is 9.63. The molecule has 0 saturated heterocycles. The van der Waals surface area contributed by atoms with Crippen LogP contribution in [0.15, 0.2) is 34.1 Å². The highest BCUT2D eigenvalue weighted by Gasteiger charge is 2.08. The third-order valence-corrected chi connectivity index (χ3v) is 4.41. The lowest BCUT2D eigenvalue weighted by Crippen LogP contribution is -2.02. The van der Waals surface area contributed by atoms with Crippen LogP contribution in [0.3, 0.4) is 0 Å². The van der Waals surface area contributed by atoms with E-state index in [2.05, 4.69) is 25.9 Å². The molecule has 102 valence electrons. The Morgan fingerprint density at radius 2 is 2.15 bits per heavy atom. The molecule has 2 heterocycles. The Labute approximate surface area is 133 Å². The second-order valence-electron chi connectivity index (χ2n) is 4.27. The monoisotopic (exact) mass is 368 g/mol. The van der Waals surface area contributed by atoms with Crippen molar-refractivity contribution in [2.24, 2.45) is 0 Å². The lowest BCUT2D eigenvalue weighted by molar-refractivity contribution is 0.294. The van der Waals surface area contributed by atoms with Gasteiger partial charge in [-0.15, -0.1) is 11.3 Å². The highest BCUT2D eigenvalue weighted by atomic mass is 79.9. The van der Waals surface area contributed by atoms with E-state index in [1.165, 1.54) is 0 Å². The van der Waals surface area contributed by atoms with Crippen molar-refractivity contribution in [3.8, 4) is 5.75 Å². The summed E-state index contributed by atoms with van der Waals surface area (Å²) in [7, 11) is 0. The van der Waals surface area contributed by atoms with Crippen molar-refractivity contribution in [2.75, 3.05) is 0 Å². The maximum Gasteiger partial charge on any atom is 0.169 e. The first-order valence-corrected chi connectivity index (χ1v) is 7.97. The van der Waals surface area contributed by atoms with Crippen LogP contribution < -0.4 is 4.74 Å². The summed E-state index contributed by atoms with van der Waals surface area (Å²) >= 11 is 11.1. The van der Waals surface area contributed by atoms with E-state index in [4.69, 9.17) is 16.3 Å². The molecule has 0 radical (unpaired) electrons. The van der Waals surface area contributed by atoms with Gasteiger partial charge in [0.25, 0.3) is 0 Å². The average molecular weight is 370 g/mol. The minimum atomic E-state index is 0.302. The lowest BCUT2D eigenvalue weighted by Gasteiger charge is -2.08. The largest absolute Gasteiger partial charge is 0.485 e. The fourth-order valence-electron chi connectivity index (χ4n) is 1.84. The maximum absolute atomic E-state index is 6.13. The van der Waals surface area contributed by atoms with Gasteiger partial charge in [0, 0.05) is 9.86 Å². The third-order valence-electron chi connectivity index (χ3n) is 2.82. The van der Waals surface area contributed by atoms with Gasteiger partial charge in [0.1, 0.15) is 22.3 Å². The van der Waals surface area contributed by atoms with Crippen LogP contribution in [0.2, 0.25) is 5.15 Å². The topological polar surface area (TPSA) is 35.0 Å². The Bertz CT molecular complexity index is 775. The Balaban J connectivity index is 1.82. The fourth-order valence-corrected chi connectivity index (χ4v) is 3.41. The summed E-state index contributed by atoms with van der Waals surface area (Å²) in [6.07, 6.45) is 0. The molecule has 0 spiro atoms. The maximum atomic E-state index is 6.13. The number of nitrogens with zero attached hydrogens (tertiary/aromatic N) is 2. The molecule has 1 aromatic carbocycles. The van der Waals surface area contributed by atoms with Crippen LogP contribution in [-0.2, 0) is 6.61 Å². The number of ether oxygens (including phenoxy) is 1.